The van der Waals surface area contributed by atoms with Crippen molar-refractivity contribution in [1.29, 1.82) is 0 Å². The first-order valence-electron chi connectivity index (χ1n) is 12.3. The van der Waals surface area contributed by atoms with Gasteiger partial charge in [-0.1, -0.05) is 0 Å². The van der Waals surface area contributed by atoms with Crippen LogP contribution in [0.4, 0.5) is 5.82 Å². The number of anilines is 1. The highest BCUT2D eigenvalue weighted by atomic mass is 32.3. The van der Waals surface area contributed by atoms with E-state index in [0.717, 1.165) is 69.2 Å². The second-order valence-electron chi connectivity index (χ2n) is 11.3. The van der Waals surface area contributed by atoms with Crippen LogP contribution in [0, 0.1) is 11.8 Å². The Kier molecular flexibility index (Phi) is 4.85. The lowest BCUT2D eigenvalue weighted by Gasteiger charge is -2.60. The van der Waals surface area contributed by atoms with Gasteiger partial charge in [0.1, 0.15) is 5.82 Å². The number of aliphatic hydroxyl groups is 1. The van der Waals surface area contributed by atoms with Gasteiger partial charge in [-0.25, -0.2) is 4.98 Å². The molecule has 2 unspecified atom stereocenters. The summed E-state index contributed by atoms with van der Waals surface area (Å²) in [5.41, 5.74) is 2.42. The summed E-state index contributed by atoms with van der Waals surface area (Å²) in [4.78, 5) is 19.9. The Bertz CT molecular complexity index is 927. The third-order valence-electron chi connectivity index (χ3n) is 8.71. The van der Waals surface area contributed by atoms with Crippen LogP contribution >= 0.6 is 10.6 Å². The Balaban J connectivity index is 1.29. The van der Waals surface area contributed by atoms with E-state index in [9.17, 15) is 19.0 Å². The molecule has 2 heterocycles. The summed E-state index contributed by atoms with van der Waals surface area (Å²) in [6.07, 6.45) is 11.9. The number of hydrogen-bond acceptors (Lipinski definition) is 6. The molecule has 5 fully saturated rings. The number of aromatic nitrogens is 1. The third kappa shape index (κ3) is 3.63. The van der Waals surface area contributed by atoms with Crippen molar-refractivity contribution in [1.82, 2.24) is 9.88 Å². The van der Waals surface area contributed by atoms with E-state index in [0.29, 0.717) is 30.5 Å². The smallest absolute Gasteiger partial charge is 0.255 e. The highest BCUT2D eigenvalue weighted by Gasteiger charge is 2.57. The quantitative estimate of drug-likeness (QED) is 0.547. The molecule has 1 saturated heterocycles. The van der Waals surface area contributed by atoms with Gasteiger partial charge in [0.2, 0.25) is 0 Å². The number of nitrogens with one attached hydrogen (secondary N) is 1. The van der Waals surface area contributed by atoms with Crippen LogP contribution in [-0.2, 0) is 12.8 Å². The fraction of sp³-hybridized carbons (Fsp3) is 0.750. The van der Waals surface area contributed by atoms with Gasteiger partial charge >= 0.3 is 0 Å². The summed E-state index contributed by atoms with van der Waals surface area (Å²) in [6.45, 7) is 0.779. The first kappa shape index (κ1) is 21.2. The standard InChI is InChI=1S/C24H35N3O4S/c28-22(27-5-7-32(30,31)8-6-27)20-14-25-21(19-4-2-1-3-18(19)20)26-23-10-16-9-17(11-23)13-24(29,12-16)15-23/h14,16-17,29-31H,1-13,15H2,(H,25,26). The summed E-state index contributed by atoms with van der Waals surface area (Å²) in [5, 5.41) is 15.0. The molecule has 32 heavy (non-hydrogen) atoms. The van der Waals surface area contributed by atoms with E-state index >= 15 is 0 Å². The highest BCUT2D eigenvalue weighted by Crippen LogP contribution is 2.58. The number of fused-ring (bicyclic) bond motifs is 1. The normalized spacial score (nSPS) is 38.3. The fourth-order valence-corrected chi connectivity index (χ4v) is 8.98. The van der Waals surface area contributed by atoms with Gasteiger partial charge in [0.05, 0.1) is 22.7 Å². The van der Waals surface area contributed by atoms with Crippen molar-refractivity contribution in [3.63, 3.8) is 0 Å². The van der Waals surface area contributed by atoms with E-state index in [1.807, 2.05) is 0 Å². The second-order valence-corrected chi connectivity index (χ2v) is 13.7. The first-order valence-corrected chi connectivity index (χ1v) is 14.2. The molecular weight excluding hydrogens is 426 g/mol. The molecule has 8 heteroatoms. The number of carbonyl (C=O) groups excluding carboxylic acids is 1. The lowest BCUT2D eigenvalue weighted by molar-refractivity contribution is -0.127. The molecule has 2 atom stereocenters. The van der Waals surface area contributed by atoms with Gasteiger partial charge in [0, 0.05) is 24.8 Å². The minimum atomic E-state index is -2.53. The predicted molar refractivity (Wildman–Crippen MR) is 125 cm³/mol. The molecule has 4 N–H and O–H groups in total. The summed E-state index contributed by atoms with van der Waals surface area (Å²) in [6, 6.07) is 0. The van der Waals surface area contributed by atoms with Gasteiger partial charge in [-0.2, -0.15) is 10.6 Å². The zero-order valence-corrected chi connectivity index (χ0v) is 19.5. The van der Waals surface area contributed by atoms with Crippen LogP contribution in [0.2, 0.25) is 0 Å². The molecule has 0 aromatic carbocycles. The molecular formula is C24H35N3O4S. The number of pyridine rings is 1. The molecule has 0 spiro atoms. The lowest BCUT2D eigenvalue weighted by atomic mass is 9.51. The zero-order chi connectivity index (χ0) is 22.1. The average Bonchev–Trinajstić information content (AvgIpc) is 2.71. The van der Waals surface area contributed by atoms with Crippen molar-refractivity contribution in [2.24, 2.45) is 11.8 Å². The predicted octanol–water partition coefficient (Wildman–Crippen LogP) is 3.66. The molecule has 0 radical (unpaired) electrons. The third-order valence-corrected chi connectivity index (χ3v) is 10.4. The van der Waals surface area contributed by atoms with Crippen LogP contribution in [0.5, 0.6) is 0 Å². The average molecular weight is 462 g/mol. The van der Waals surface area contributed by atoms with Gasteiger partial charge < -0.3 is 15.3 Å². The second kappa shape index (κ2) is 7.32. The number of rotatable bonds is 3. The molecule has 6 aliphatic rings. The van der Waals surface area contributed by atoms with Crippen molar-refractivity contribution in [3.05, 3.63) is 22.9 Å². The molecule has 4 saturated carbocycles. The van der Waals surface area contributed by atoms with Gasteiger partial charge in [0.15, 0.2) is 0 Å². The number of hydrogen-bond donors (Lipinski definition) is 4. The fourth-order valence-electron chi connectivity index (χ4n) is 7.75. The maximum absolute atomic E-state index is 13.3. The van der Waals surface area contributed by atoms with Crippen LogP contribution in [-0.4, -0.2) is 65.7 Å². The van der Waals surface area contributed by atoms with Crippen LogP contribution < -0.4 is 5.32 Å². The van der Waals surface area contributed by atoms with Crippen LogP contribution in [0.25, 0.3) is 0 Å². The lowest BCUT2D eigenvalue weighted by Crippen LogP contribution is -2.62. The van der Waals surface area contributed by atoms with Crippen molar-refractivity contribution >= 4 is 22.3 Å². The summed E-state index contributed by atoms with van der Waals surface area (Å²) in [7, 11) is -2.53. The van der Waals surface area contributed by atoms with Crippen LogP contribution in [0.3, 0.4) is 0 Å². The van der Waals surface area contributed by atoms with Crippen molar-refractivity contribution in [2.45, 2.75) is 75.3 Å². The van der Waals surface area contributed by atoms with Gasteiger partial charge in [-0.15, -0.1) is 0 Å². The topological polar surface area (TPSA) is 106 Å². The molecule has 5 aliphatic carbocycles. The zero-order valence-electron chi connectivity index (χ0n) is 18.7. The Morgan fingerprint density at radius 2 is 1.72 bits per heavy atom. The minimum Gasteiger partial charge on any atom is -0.390 e. The Morgan fingerprint density at radius 1 is 1.06 bits per heavy atom. The van der Waals surface area contributed by atoms with E-state index in [1.165, 1.54) is 12.0 Å². The number of amides is 1. The summed E-state index contributed by atoms with van der Waals surface area (Å²) >= 11 is 0. The molecule has 4 bridgehead atoms. The van der Waals surface area contributed by atoms with Gasteiger partial charge in [0.25, 0.3) is 5.91 Å². The van der Waals surface area contributed by atoms with Gasteiger partial charge in [-0.05, 0) is 87.2 Å². The summed E-state index contributed by atoms with van der Waals surface area (Å²) < 4.78 is 19.8. The number of carbonyl (C=O) groups is 1. The van der Waals surface area contributed by atoms with E-state index < -0.39 is 16.2 Å². The molecule has 1 aromatic heterocycles. The van der Waals surface area contributed by atoms with E-state index in [1.54, 1.807) is 11.1 Å². The summed E-state index contributed by atoms with van der Waals surface area (Å²) in [5.74, 6) is 2.65. The molecule has 1 amide bonds. The first-order chi connectivity index (χ1) is 15.2. The molecule has 1 aliphatic heterocycles. The molecule has 176 valence electrons. The molecule has 7 nitrogen and oxygen atoms in total. The Labute approximate surface area is 191 Å². The minimum absolute atomic E-state index is 0.0267. The van der Waals surface area contributed by atoms with E-state index in [2.05, 4.69) is 5.32 Å². The Morgan fingerprint density at radius 3 is 2.38 bits per heavy atom. The largest absolute Gasteiger partial charge is 0.390 e. The van der Waals surface area contributed by atoms with E-state index in [4.69, 9.17) is 4.98 Å². The van der Waals surface area contributed by atoms with Gasteiger partial charge in [-0.3, -0.25) is 13.9 Å². The SMILES string of the molecule is O=C(c1cnc(NC23CC4CC(CC(O)(C4)C2)C3)c2c1CCCC2)N1CCS(O)(O)CC1. The maximum atomic E-state index is 13.3. The van der Waals surface area contributed by atoms with Crippen molar-refractivity contribution < 1.29 is 19.0 Å². The molecule has 7 rings (SSSR count). The van der Waals surface area contributed by atoms with E-state index in [-0.39, 0.29) is 23.0 Å². The molecule has 1 aromatic rings. The maximum Gasteiger partial charge on any atom is 0.255 e. The highest BCUT2D eigenvalue weighted by molar-refractivity contribution is 8.24. The van der Waals surface area contributed by atoms with Crippen molar-refractivity contribution in [2.75, 3.05) is 29.9 Å². The monoisotopic (exact) mass is 461 g/mol. The van der Waals surface area contributed by atoms with Crippen LogP contribution in [0.15, 0.2) is 6.20 Å². The van der Waals surface area contributed by atoms with Crippen molar-refractivity contribution in [3.8, 4) is 0 Å². The van der Waals surface area contributed by atoms with Crippen LogP contribution in [0.1, 0.15) is 72.9 Å². The number of nitrogens with zero attached hydrogens (tertiary/aromatic N) is 2. The Hall–Kier alpha value is -1.35.